The van der Waals surface area contributed by atoms with Crippen molar-refractivity contribution in [3.05, 3.63) is 35.4 Å². The normalized spacial score (nSPS) is 9.64. The van der Waals surface area contributed by atoms with E-state index in [4.69, 9.17) is 5.11 Å². The first-order valence-corrected chi connectivity index (χ1v) is 3.62. The van der Waals surface area contributed by atoms with Crippen LogP contribution in [0.5, 0.6) is 0 Å². The Hall–Kier alpha value is -0.800. The van der Waals surface area contributed by atoms with E-state index in [0.29, 0.717) is 11.1 Å². The zero-order chi connectivity index (χ0) is 8.27. The fraction of sp³-hybridized carbons (Fsp3) is 0.125. The lowest BCUT2D eigenvalue weighted by molar-refractivity contribution is 0.108. The number of aliphatic hydroxyl groups is 1. The van der Waals surface area contributed by atoms with Gasteiger partial charge in [-0.3, -0.25) is 4.79 Å². The van der Waals surface area contributed by atoms with Gasteiger partial charge in [0.1, 0.15) is 0 Å². The van der Waals surface area contributed by atoms with E-state index in [1.54, 1.807) is 24.3 Å². The van der Waals surface area contributed by atoms with E-state index < -0.39 is 0 Å². The maximum atomic E-state index is 10.8. The Labute approximate surface area is 70.3 Å². The van der Waals surface area contributed by atoms with E-state index >= 15 is 0 Å². The molecule has 0 saturated carbocycles. The van der Waals surface area contributed by atoms with Crippen LogP contribution >= 0.6 is 12.6 Å². The topological polar surface area (TPSA) is 37.3 Å². The van der Waals surface area contributed by atoms with Crippen molar-refractivity contribution in [1.82, 2.24) is 0 Å². The molecular formula is C8H8O2S. The zero-order valence-corrected chi connectivity index (χ0v) is 6.71. The Morgan fingerprint density at radius 3 is 2.55 bits per heavy atom. The summed E-state index contributed by atoms with van der Waals surface area (Å²) >= 11 is 3.66. The van der Waals surface area contributed by atoms with Gasteiger partial charge in [0.25, 0.3) is 0 Å². The summed E-state index contributed by atoms with van der Waals surface area (Å²) in [7, 11) is 0. The van der Waals surface area contributed by atoms with Gasteiger partial charge in [0.15, 0.2) is 0 Å². The molecular weight excluding hydrogens is 160 g/mol. The molecule has 1 N–H and O–H groups in total. The summed E-state index contributed by atoms with van der Waals surface area (Å²) in [5, 5.41) is 8.47. The van der Waals surface area contributed by atoms with Crippen molar-refractivity contribution in [2.45, 2.75) is 6.61 Å². The molecule has 0 aromatic heterocycles. The third-order valence-corrected chi connectivity index (χ3v) is 1.66. The Morgan fingerprint density at radius 2 is 2.09 bits per heavy atom. The Morgan fingerprint density at radius 1 is 1.45 bits per heavy atom. The summed E-state index contributed by atoms with van der Waals surface area (Å²) in [4.78, 5) is 10.8. The molecule has 0 aliphatic rings. The fourth-order valence-corrected chi connectivity index (χ4v) is 1.08. The molecule has 11 heavy (non-hydrogen) atoms. The van der Waals surface area contributed by atoms with Gasteiger partial charge >= 0.3 is 0 Å². The Balaban J connectivity index is 3.12. The molecule has 0 aliphatic carbocycles. The second-order valence-electron chi connectivity index (χ2n) is 2.12. The van der Waals surface area contributed by atoms with Gasteiger partial charge in [-0.15, -0.1) is 12.6 Å². The average molecular weight is 168 g/mol. The summed E-state index contributed by atoms with van der Waals surface area (Å²) in [6.45, 7) is -0.123. The van der Waals surface area contributed by atoms with Gasteiger partial charge in [0, 0.05) is 5.56 Å². The Bertz CT molecular complexity index is 271. The fourth-order valence-electron chi connectivity index (χ4n) is 0.867. The first kappa shape index (κ1) is 8.30. The van der Waals surface area contributed by atoms with Crippen LogP contribution in [0, 0.1) is 0 Å². The third kappa shape index (κ3) is 1.82. The van der Waals surface area contributed by atoms with Gasteiger partial charge in [0.2, 0.25) is 5.12 Å². The average Bonchev–Trinajstić information content (AvgIpc) is 2.04. The zero-order valence-electron chi connectivity index (χ0n) is 5.82. The van der Waals surface area contributed by atoms with Crippen LogP contribution in [0.25, 0.3) is 0 Å². The molecule has 1 aromatic rings. The third-order valence-electron chi connectivity index (χ3n) is 1.42. The predicted molar refractivity (Wildman–Crippen MR) is 45.7 cm³/mol. The van der Waals surface area contributed by atoms with Crippen LogP contribution in [0.15, 0.2) is 24.3 Å². The molecule has 0 unspecified atom stereocenters. The molecule has 3 heteroatoms. The number of aliphatic hydroxyl groups excluding tert-OH is 1. The number of benzene rings is 1. The monoisotopic (exact) mass is 168 g/mol. The van der Waals surface area contributed by atoms with Crippen molar-refractivity contribution >= 4 is 17.7 Å². The van der Waals surface area contributed by atoms with Crippen LogP contribution in [0.1, 0.15) is 15.9 Å². The standard InChI is InChI=1S/C8H8O2S/c9-5-6-3-1-2-4-7(6)8(10)11/h1-4,9H,5H2,(H,10,11). The van der Waals surface area contributed by atoms with E-state index in [1.807, 2.05) is 0 Å². The van der Waals surface area contributed by atoms with Crippen molar-refractivity contribution in [3.63, 3.8) is 0 Å². The highest BCUT2D eigenvalue weighted by Gasteiger charge is 2.04. The van der Waals surface area contributed by atoms with Crippen LogP contribution in [-0.2, 0) is 6.61 Å². The molecule has 0 radical (unpaired) electrons. The van der Waals surface area contributed by atoms with Crippen LogP contribution in [0.4, 0.5) is 0 Å². The van der Waals surface area contributed by atoms with E-state index in [2.05, 4.69) is 12.6 Å². The number of thiol groups is 1. The molecule has 0 heterocycles. The molecule has 0 aliphatic heterocycles. The molecule has 0 amide bonds. The van der Waals surface area contributed by atoms with E-state index in [1.165, 1.54) is 0 Å². The second-order valence-corrected chi connectivity index (χ2v) is 2.53. The summed E-state index contributed by atoms with van der Waals surface area (Å²) in [6.07, 6.45) is 0. The molecule has 0 fully saturated rings. The Kier molecular flexibility index (Phi) is 2.68. The molecule has 0 saturated heterocycles. The van der Waals surface area contributed by atoms with Crippen molar-refractivity contribution in [1.29, 1.82) is 0 Å². The highest BCUT2D eigenvalue weighted by atomic mass is 32.1. The molecule has 0 atom stereocenters. The number of carbonyl (C=O) groups is 1. The minimum absolute atomic E-state index is 0.123. The van der Waals surface area contributed by atoms with Gasteiger partial charge < -0.3 is 5.11 Å². The van der Waals surface area contributed by atoms with Crippen molar-refractivity contribution in [2.75, 3.05) is 0 Å². The molecule has 58 valence electrons. The van der Waals surface area contributed by atoms with Gasteiger partial charge in [0.05, 0.1) is 6.61 Å². The van der Waals surface area contributed by atoms with Crippen LogP contribution in [-0.4, -0.2) is 10.2 Å². The minimum atomic E-state index is -0.311. The van der Waals surface area contributed by atoms with Crippen molar-refractivity contribution < 1.29 is 9.90 Å². The lowest BCUT2D eigenvalue weighted by atomic mass is 10.1. The van der Waals surface area contributed by atoms with Crippen LogP contribution in [0.2, 0.25) is 0 Å². The SMILES string of the molecule is O=C(S)c1ccccc1CO. The van der Waals surface area contributed by atoms with Gasteiger partial charge in [-0.05, 0) is 5.56 Å². The van der Waals surface area contributed by atoms with Gasteiger partial charge in [-0.25, -0.2) is 0 Å². The van der Waals surface area contributed by atoms with E-state index in [0.717, 1.165) is 0 Å². The van der Waals surface area contributed by atoms with Crippen LogP contribution in [0.3, 0.4) is 0 Å². The number of rotatable bonds is 2. The number of hydrogen-bond acceptors (Lipinski definition) is 2. The van der Waals surface area contributed by atoms with Crippen molar-refractivity contribution in [3.8, 4) is 0 Å². The van der Waals surface area contributed by atoms with E-state index in [-0.39, 0.29) is 11.7 Å². The number of hydrogen-bond donors (Lipinski definition) is 2. The largest absolute Gasteiger partial charge is 0.392 e. The minimum Gasteiger partial charge on any atom is -0.392 e. The summed E-state index contributed by atoms with van der Waals surface area (Å²) < 4.78 is 0. The summed E-state index contributed by atoms with van der Waals surface area (Å²) in [5.41, 5.74) is 1.09. The predicted octanol–water partition coefficient (Wildman–Crippen LogP) is 1.25. The molecule has 0 spiro atoms. The summed E-state index contributed by atoms with van der Waals surface area (Å²) in [6, 6.07) is 6.85. The molecule has 0 bridgehead atoms. The first-order chi connectivity index (χ1) is 5.25. The highest BCUT2D eigenvalue weighted by molar-refractivity contribution is 7.97. The maximum Gasteiger partial charge on any atom is 0.216 e. The lowest BCUT2D eigenvalue weighted by Gasteiger charge is -2.00. The van der Waals surface area contributed by atoms with Crippen molar-refractivity contribution in [2.24, 2.45) is 0 Å². The molecule has 2 nitrogen and oxygen atoms in total. The molecule has 1 aromatic carbocycles. The van der Waals surface area contributed by atoms with Gasteiger partial charge in [-0.1, -0.05) is 24.3 Å². The lowest BCUT2D eigenvalue weighted by Crippen LogP contribution is -1.96. The summed E-state index contributed by atoms with van der Waals surface area (Å²) in [5.74, 6) is 0. The first-order valence-electron chi connectivity index (χ1n) is 3.17. The number of carbonyl (C=O) groups excluding carboxylic acids is 1. The van der Waals surface area contributed by atoms with E-state index in [9.17, 15) is 4.79 Å². The molecule has 1 rings (SSSR count). The van der Waals surface area contributed by atoms with Crippen LogP contribution < -0.4 is 0 Å². The smallest absolute Gasteiger partial charge is 0.216 e. The quantitative estimate of drug-likeness (QED) is 0.652. The maximum absolute atomic E-state index is 10.8. The second kappa shape index (κ2) is 3.55. The highest BCUT2D eigenvalue weighted by Crippen LogP contribution is 2.10. The van der Waals surface area contributed by atoms with Gasteiger partial charge in [-0.2, -0.15) is 0 Å².